The van der Waals surface area contributed by atoms with Gasteiger partial charge >= 0.3 is 0 Å². The highest BCUT2D eigenvalue weighted by Crippen LogP contribution is 2.55. The lowest BCUT2D eigenvalue weighted by atomic mass is 9.80. The van der Waals surface area contributed by atoms with Gasteiger partial charge in [0.2, 0.25) is 0 Å². The van der Waals surface area contributed by atoms with Crippen LogP contribution in [0.1, 0.15) is 25.0 Å². The molecular formula is C57H36N2O2. The molecule has 4 nitrogen and oxygen atoms in total. The van der Waals surface area contributed by atoms with Crippen molar-refractivity contribution >= 4 is 87.5 Å². The minimum Gasteiger partial charge on any atom is -0.455 e. The van der Waals surface area contributed by atoms with E-state index in [0.717, 1.165) is 82.9 Å². The topological polar surface area (TPSA) is 36.1 Å². The molecule has 0 bridgehead atoms. The standard InChI is InChI=1S/C57H36N2O2/c1-57(2)44-21-8-3-14-36(44)40-30-31-47-51(53(40)57)43-32-48(59-45-22-9-4-15-37(45)38-16-5-10-23-46(38)59)56-52(42-18-7-12-25-50(42)61-56)54(43)58(47)34-28-26-33(27-29-34)35-19-13-20-41-39-17-6-11-24-49(39)60-55(35)41/h3-32H,1-2H3. The number of rotatable bonds is 3. The molecule has 286 valence electrons. The lowest BCUT2D eigenvalue weighted by molar-refractivity contribution is 0.666. The average Bonchev–Trinajstić information content (AvgIpc) is 4.10. The monoisotopic (exact) mass is 780 g/mol. The first-order valence-electron chi connectivity index (χ1n) is 21.1. The van der Waals surface area contributed by atoms with Crippen molar-refractivity contribution in [3.05, 3.63) is 193 Å². The van der Waals surface area contributed by atoms with Gasteiger partial charge in [-0.1, -0.05) is 147 Å². The number of benzene rings is 9. The maximum atomic E-state index is 7.08. The Morgan fingerprint density at radius 2 is 1.02 bits per heavy atom. The number of hydrogen-bond donors (Lipinski definition) is 0. The normalized spacial score (nSPS) is 13.5. The van der Waals surface area contributed by atoms with Gasteiger partial charge in [0.25, 0.3) is 0 Å². The summed E-state index contributed by atoms with van der Waals surface area (Å²) in [5.41, 5.74) is 17.6. The van der Waals surface area contributed by atoms with Crippen LogP contribution in [0.2, 0.25) is 0 Å². The number of furan rings is 2. The lowest BCUT2D eigenvalue weighted by Crippen LogP contribution is -2.15. The number of fused-ring (bicyclic) bond motifs is 17. The molecule has 0 amide bonds. The van der Waals surface area contributed by atoms with Crippen LogP contribution in [0.4, 0.5) is 0 Å². The molecule has 0 aliphatic heterocycles. The van der Waals surface area contributed by atoms with E-state index in [4.69, 9.17) is 8.83 Å². The zero-order valence-corrected chi connectivity index (χ0v) is 33.5. The van der Waals surface area contributed by atoms with Gasteiger partial charge in [-0.25, -0.2) is 0 Å². The summed E-state index contributed by atoms with van der Waals surface area (Å²) in [4.78, 5) is 0. The lowest BCUT2D eigenvalue weighted by Gasteiger charge is -2.22. The van der Waals surface area contributed by atoms with Gasteiger partial charge in [0.15, 0.2) is 5.58 Å². The van der Waals surface area contributed by atoms with E-state index in [-0.39, 0.29) is 5.41 Å². The fraction of sp³-hybridized carbons (Fsp3) is 0.0526. The molecule has 4 heterocycles. The molecule has 0 atom stereocenters. The number of aromatic nitrogens is 2. The highest BCUT2D eigenvalue weighted by molar-refractivity contribution is 6.28. The van der Waals surface area contributed by atoms with Gasteiger partial charge in [-0.05, 0) is 76.3 Å². The van der Waals surface area contributed by atoms with Gasteiger partial charge < -0.3 is 18.0 Å². The first-order valence-corrected chi connectivity index (χ1v) is 21.1. The van der Waals surface area contributed by atoms with Gasteiger partial charge in [-0.2, -0.15) is 0 Å². The SMILES string of the molecule is CC1(C)c2ccccc2-c2ccc3c(c21)c1cc(-n2c4ccccc4c4ccccc42)c2oc4ccccc4c2c1n3-c1ccc(-c2cccc3c2oc2ccccc23)cc1. The molecule has 9 aromatic carbocycles. The van der Waals surface area contributed by atoms with Crippen LogP contribution in [0, 0.1) is 0 Å². The minimum atomic E-state index is -0.236. The molecular weight excluding hydrogens is 745 g/mol. The third kappa shape index (κ3) is 4.23. The molecule has 0 unspecified atom stereocenters. The molecule has 4 heteroatoms. The van der Waals surface area contributed by atoms with E-state index in [1.165, 1.54) is 49.3 Å². The van der Waals surface area contributed by atoms with Crippen molar-refractivity contribution in [1.29, 1.82) is 0 Å². The summed E-state index contributed by atoms with van der Waals surface area (Å²) >= 11 is 0. The Balaban J connectivity index is 1.13. The average molecular weight is 781 g/mol. The van der Waals surface area contributed by atoms with Crippen LogP contribution in [-0.2, 0) is 5.41 Å². The Hall–Kier alpha value is -7.82. The summed E-state index contributed by atoms with van der Waals surface area (Å²) in [6.07, 6.45) is 0. The van der Waals surface area contributed by atoms with E-state index in [9.17, 15) is 0 Å². The van der Waals surface area contributed by atoms with Crippen molar-refractivity contribution in [1.82, 2.24) is 9.13 Å². The van der Waals surface area contributed by atoms with Crippen molar-refractivity contribution in [2.45, 2.75) is 19.3 Å². The second-order valence-corrected chi connectivity index (χ2v) is 17.2. The van der Waals surface area contributed by atoms with Crippen molar-refractivity contribution < 1.29 is 8.83 Å². The molecule has 0 spiro atoms. The van der Waals surface area contributed by atoms with E-state index in [1.54, 1.807) is 0 Å². The summed E-state index contributed by atoms with van der Waals surface area (Å²) in [5.74, 6) is 0. The van der Waals surface area contributed by atoms with Gasteiger partial charge in [0.05, 0.1) is 33.1 Å². The summed E-state index contributed by atoms with van der Waals surface area (Å²) < 4.78 is 18.5. The summed E-state index contributed by atoms with van der Waals surface area (Å²) in [6, 6.07) is 65.9. The van der Waals surface area contributed by atoms with Crippen LogP contribution >= 0.6 is 0 Å². The highest BCUT2D eigenvalue weighted by atomic mass is 16.3. The Morgan fingerprint density at radius 3 is 1.79 bits per heavy atom. The van der Waals surface area contributed by atoms with Crippen LogP contribution in [0.25, 0.3) is 121 Å². The fourth-order valence-electron chi connectivity index (χ4n) is 11.1. The van der Waals surface area contributed by atoms with Crippen LogP contribution in [0.15, 0.2) is 191 Å². The third-order valence-electron chi connectivity index (χ3n) is 13.7. The van der Waals surface area contributed by atoms with E-state index < -0.39 is 0 Å². The predicted molar refractivity (Wildman–Crippen MR) is 253 cm³/mol. The van der Waals surface area contributed by atoms with E-state index >= 15 is 0 Å². The first kappa shape index (κ1) is 33.1. The molecule has 0 N–H and O–H groups in total. The Labute approximate surface area is 350 Å². The smallest absolute Gasteiger partial charge is 0.161 e. The molecule has 0 fully saturated rings. The minimum absolute atomic E-state index is 0.236. The second kappa shape index (κ2) is 11.7. The number of hydrogen-bond acceptors (Lipinski definition) is 2. The first-order chi connectivity index (χ1) is 30.0. The molecule has 0 saturated heterocycles. The molecule has 0 saturated carbocycles. The van der Waals surface area contributed by atoms with Crippen LogP contribution in [0.3, 0.4) is 0 Å². The highest BCUT2D eigenvalue weighted by Gasteiger charge is 2.39. The van der Waals surface area contributed by atoms with Gasteiger partial charge in [-0.15, -0.1) is 0 Å². The molecule has 1 aliphatic rings. The van der Waals surface area contributed by atoms with Crippen molar-refractivity contribution in [2.24, 2.45) is 0 Å². The Kier molecular flexibility index (Phi) is 6.33. The quantitative estimate of drug-likeness (QED) is 0.179. The largest absolute Gasteiger partial charge is 0.455 e. The van der Waals surface area contributed by atoms with Gasteiger partial charge in [0.1, 0.15) is 16.7 Å². The number of nitrogens with zero attached hydrogens (tertiary/aromatic N) is 2. The number of para-hydroxylation sites is 5. The second-order valence-electron chi connectivity index (χ2n) is 17.2. The van der Waals surface area contributed by atoms with Gasteiger partial charge in [-0.3, -0.25) is 0 Å². The predicted octanol–water partition coefficient (Wildman–Crippen LogP) is 15.7. The zero-order valence-electron chi connectivity index (χ0n) is 33.5. The zero-order chi connectivity index (χ0) is 40.1. The summed E-state index contributed by atoms with van der Waals surface area (Å²) in [7, 11) is 0. The molecule has 0 radical (unpaired) electrons. The van der Waals surface area contributed by atoms with E-state index in [0.29, 0.717) is 0 Å². The van der Waals surface area contributed by atoms with Crippen molar-refractivity contribution in [3.8, 4) is 33.6 Å². The molecule has 1 aliphatic carbocycles. The molecule has 61 heavy (non-hydrogen) atoms. The maximum absolute atomic E-state index is 7.08. The van der Waals surface area contributed by atoms with Crippen LogP contribution in [-0.4, -0.2) is 9.13 Å². The van der Waals surface area contributed by atoms with Crippen LogP contribution < -0.4 is 0 Å². The van der Waals surface area contributed by atoms with Crippen molar-refractivity contribution in [3.63, 3.8) is 0 Å². The Bertz CT molecular complexity index is 3960. The maximum Gasteiger partial charge on any atom is 0.161 e. The molecule has 14 rings (SSSR count). The summed E-state index contributed by atoms with van der Waals surface area (Å²) in [5, 5.41) is 9.40. The molecule has 13 aromatic rings. The third-order valence-corrected chi connectivity index (χ3v) is 13.7. The van der Waals surface area contributed by atoms with Gasteiger partial charge in [0, 0.05) is 54.4 Å². The van der Waals surface area contributed by atoms with E-state index in [2.05, 4.69) is 193 Å². The fourth-order valence-corrected chi connectivity index (χ4v) is 11.1. The van der Waals surface area contributed by atoms with E-state index in [1.807, 2.05) is 12.1 Å². The van der Waals surface area contributed by atoms with Crippen molar-refractivity contribution in [2.75, 3.05) is 0 Å². The van der Waals surface area contributed by atoms with Crippen LogP contribution in [0.5, 0.6) is 0 Å². The molecule has 4 aromatic heterocycles. The Morgan fingerprint density at radius 1 is 0.410 bits per heavy atom. The summed E-state index contributed by atoms with van der Waals surface area (Å²) in [6.45, 7) is 4.79.